The summed E-state index contributed by atoms with van der Waals surface area (Å²) in [6.07, 6.45) is 3.72. The topological polar surface area (TPSA) is 102 Å². The van der Waals surface area contributed by atoms with Crippen LogP contribution in [0.2, 0.25) is 10.0 Å². The Morgan fingerprint density at radius 3 is 2.69 bits per heavy atom. The lowest BCUT2D eigenvalue weighted by Crippen LogP contribution is -2.44. The van der Waals surface area contributed by atoms with Crippen LogP contribution in [0, 0.1) is 23.1 Å². The van der Waals surface area contributed by atoms with Gasteiger partial charge in [-0.05, 0) is 68.5 Å². The van der Waals surface area contributed by atoms with Crippen molar-refractivity contribution in [3.63, 3.8) is 0 Å². The van der Waals surface area contributed by atoms with E-state index in [0.29, 0.717) is 59.4 Å². The molecular weight excluding hydrogens is 679 g/mol. The molecule has 2 bridgehead atoms. The van der Waals surface area contributed by atoms with Gasteiger partial charge in [0.2, 0.25) is 0 Å². The van der Waals surface area contributed by atoms with Gasteiger partial charge in [0.25, 0.3) is 5.91 Å². The third-order valence-corrected chi connectivity index (χ3v) is 12.2. The van der Waals surface area contributed by atoms with Gasteiger partial charge in [-0.2, -0.15) is 5.26 Å². The van der Waals surface area contributed by atoms with E-state index in [9.17, 15) is 20.0 Å². The number of carboxylic acid groups (broad SMARTS) is 1. The maximum absolute atomic E-state index is 17.1. The van der Waals surface area contributed by atoms with Crippen LogP contribution >= 0.6 is 35.0 Å². The number of aromatic nitrogens is 2. The van der Waals surface area contributed by atoms with Crippen molar-refractivity contribution >= 4 is 68.8 Å². The zero-order chi connectivity index (χ0) is 33.6. The molecule has 2 aromatic carbocycles. The summed E-state index contributed by atoms with van der Waals surface area (Å²) in [6.45, 7) is 0.808. The first-order valence-electron chi connectivity index (χ1n) is 16.1. The van der Waals surface area contributed by atoms with Gasteiger partial charge in [0.1, 0.15) is 10.5 Å². The van der Waals surface area contributed by atoms with Gasteiger partial charge >= 0.3 is 6.09 Å². The summed E-state index contributed by atoms with van der Waals surface area (Å²) >= 11 is 14.4. The number of likely N-dealkylation sites (tertiary alicyclic amines) is 1. The molecule has 2 amide bonds. The van der Waals surface area contributed by atoms with E-state index in [1.54, 1.807) is 23.1 Å². The van der Waals surface area contributed by atoms with Crippen molar-refractivity contribution < 1.29 is 23.5 Å². The maximum Gasteiger partial charge on any atom is 0.407 e. The number of alkyl halides is 1. The average Bonchev–Trinajstić information content (AvgIpc) is 3.51. The summed E-state index contributed by atoms with van der Waals surface area (Å²) in [7, 11) is 0. The number of hydrogen-bond donors (Lipinski definition) is 1. The summed E-state index contributed by atoms with van der Waals surface area (Å²) in [5, 5.41) is 21.9. The number of nitrogens with zero attached hydrogens (tertiary/aromatic N) is 5. The largest absolute Gasteiger partial charge is 0.465 e. The van der Waals surface area contributed by atoms with Crippen molar-refractivity contribution in [1.82, 2.24) is 19.4 Å². The SMILES string of the molecule is CSc1nc2c(F)c(-c3cccc(Cl)c3Cl)c(CCC#N)cc2c2c1cc(C1CCCN1C(=O)C1(F)CC1)n2[C@H]1[C@@H]2C[C@H]1N(C(=O)O)C2. The number of amides is 2. The van der Waals surface area contributed by atoms with E-state index in [1.807, 2.05) is 18.4 Å². The molecule has 5 aliphatic rings. The van der Waals surface area contributed by atoms with Gasteiger partial charge < -0.3 is 19.5 Å². The minimum Gasteiger partial charge on any atom is -0.465 e. The van der Waals surface area contributed by atoms with Crippen LogP contribution in [0.1, 0.15) is 61.9 Å². The minimum atomic E-state index is -1.83. The highest BCUT2D eigenvalue weighted by molar-refractivity contribution is 7.98. The van der Waals surface area contributed by atoms with Gasteiger partial charge in [0, 0.05) is 53.0 Å². The smallest absolute Gasteiger partial charge is 0.407 e. The highest BCUT2D eigenvalue weighted by atomic mass is 35.5. The summed E-state index contributed by atoms with van der Waals surface area (Å²) in [4.78, 5) is 33.7. The maximum atomic E-state index is 17.1. The molecule has 2 aliphatic carbocycles. The standard InChI is InChI=1S/C35H31Cl2F2N5O3S/c1-48-32-21-15-24(23-8-4-12-42(23)33(45)35(39)9-10-35)44(30-18-14-25(30)43(16-18)34(46)47)31(21)20-13-17(5-3-11-40)26(28(38)29(20)41-32)19-6-2-7-22(36)27(19)37/h2,6-7,13,15,18,23,25,30H,3-5,8-10,12,14,16H2,1H3,(H,46,47)/t18-,23?,25-,30+/m1/s1. The number of nitriles is 1. The van der Waals surface area contributed by atoms with E-state index in [2.05, 4.69) is 10.6 Å². The van der Waals surface area contributed by atoms with E-state index in [1.165, 1.54) is 16.7 Å². The number of hydrogen-bond acceptors (Lipinski definition) is 5. The lowest BCUT2D eigenvalue weighted by Gasteiger charge is -2.40. The molecule has 2 aromatic heterocycles. The predicted molar refractivity (Wildman–Crippen MR) is 181 cm³/mol. The molecule has 8 nitrogen and oxygen atoms in total. The van der Waals surface area contributed by atoms with Crippen molar-refractivity contribution in [2.75, 3.05) is 19.3 Å². The zero-order valence-electron chi connectivity index (χ0n) is 26.0. The highest BCUT2D eigenvalue weighted by Crippen LogP contribution is 2.55. The van der Waals surface area contributed by atoms with Gasteiger partial charge in [-0.1, -0.05) is 35.3 Å². The molecule has 2 saturated carbocycles. The van der Waals surface area contributed by atoms with E-state index in [4.69, 9.17) is 28.2 Å². The Balaban J connectivity index is 1.43. The van der Waals surface area contributed by atoms with Gasteiger partial charge in [-0.15, -0.1) is 11.8 Å². The number of rotatable bonds is 7. The molecule has 4 aromatic rings. The molecule has 4 atom stereocenters. The number of aryl methyl sites for hydroxylation is 1. The van der Waals surface area contributed by atoms with E-state index in [-0.39, 0.29) is 64.8 Å². The molecule has 0 radical (unpaired) electrons. The van der Waals surface area contributed by atoms with Gasteiger partial charge in [0.05, 0.1) is 39.8 Å². The van der Waals surface area contributed by atoms with Crippen LogP contribution in [0.5, 0.6) is 0 Å². The lowest BCUT2D eigenvalue weighted by atomic mass is 9.79. The molecule has 1 unspecified atom stereocenters. The Bertz CT molecular complexity index is 2100. The molecular formula is C35H31Cl2F2N5O3S. The molecule has 48 heavy (non-hydrogen) atoms. The number of benzene rings is 2. The van der Waals surface area contributed by atoms with E-state index in [0.717, 1.165) is 11.1 Å². The monoisotopic (exact) mass is 709 g/mol. The highest BCUT2D eigenvalue weighted by Gasteiger charge is 2.57. The predicted octanol–water partition coefficient (Wildman–Crippen LogP) is 8.57. The normalized spacial score (nSPS) is 23.9. The van der Waals surface area contributed by atoms with Crippen LogP contribution in [0.3, 0.4) is 0 Å². The summed E-state index contributed by atoms with van der Waals surface area (Å²) in [6, 6.07) is 10.1. The second kappa shape index (κ2) is 11.5. The fraction of sp³-hybridized carbons (Fsp3) is 0.429. The number of pyridine rings is 1. The summed E-state index contributed by atoms with van der Waals surface area (Å²) < 4.78 is 34.5. The number of carbonyl (C=O) groups excluding carboxylic acids is 1. The van der Waals surface area contributed by atoms with Gasteiger partial charge in [0.15, 0.2) is 11.5 Å². The first-order valence-corrected chi connectivity index (χ1v) is 18.1. The fourth-order valence-electron chi connectivity index (χ4n) is 8.33. The van der Waals surface area contributed by atoms with Crippen LogP contribution in [-0.2, 0) is 11.2 Å². The molecule has 1 N–H and O–H groups in total. The Labute approximate surface area is 289 Å². The van der Waals surface area contributed by atoms with Gasteiger partial charge in [-0.25, -0.2) is 18.6 Å². The lowest BCUT2D eigenvalue weighted by molar-refractivity contribution is -0.139. The Morgan fingerprint density at radius 1 is 1.21 bits per heavy atom. The molecule has 5 heterocycles. The molecule has 3 aliphatic heterocycles. The second-order valence-corrected chi connectivity index (χ2v) is 14.9. The summed E-state index contributed by atoms with van der Waals surface area (Å²) in [5.74, 6) is -1.06. The van der Waals surface area contributed by atoms with Crippen LogP contribution in [0.25, 0.3) is 32.9 Å². The quantitative estimate of drug-likeness (QED) is 0.193. The fourth-order valence-corrected chi connectivity index (χ4v) is 9.28. The Hall–Kier alpha value is -3.59. The second-order valence-electron chi connectivity index (χ2n) is 13.3. The average molecular weight is 711 g/mol. The van der Waals surface area contributed by atoms with Crippen LogP contribution < -0.4 is 0 Å². The van der Waals surface area contributed by atoms with Gasteiger partial charge in [-0.3, -0.25) is 4.79 Å². The van der Waals surface area contributed by atoms with E-state index >= 15 is 8.78 Å². The van der Waals surface area contributed by atoms with Crippen molar-refractivity contribution in [3.05, 3.63) is 57.5 Å². The van der Waals surface area contributed by atoms with Crippen molar-refractivity contribution in [2.24, 2.45) is 5.92 Å². The summed E-state index contributed by atoms with van der Waals surface area (Å²) in [5.41, 5.74) is 0.971. The van der Waals surface area contributed by atoms with Crippen molar-refractivity contribution in [1.29, 1.82) is 5.26 Å². The Kier molecular flexibility index (Phi) is 7.58. The third-order valence-electron chi connectivity index (χ3n) is 10.7. The molecule has 9 rings (SSSR count). The molecule has 13 heteroatoms. The Morgan fingerprint density at radius 2 is 2.00 bits per heavy atom. The number of halogens is 4. The van der Waals surface area contributed by atoms with Crippen LogP contribution in [0.4, 0.5) is 13.6 Å². The van der Waals surface area contributed by atoms with Crippen LogP contribution in [-0.4, -0.2) is 67.5 Å². The van der Waals surface area contributed by atoms with Crippen LogP contribution in [0.15, 0.2) is 35.4 Å². The number of carbonyl (C=O) groups is 2. The molecule has 0 spiro atoms. The van der Waals surface area contributed by atoms with Crippen molar-refractivity contribution in [3.8, 4) is 17.2 Å². The number of fused-ring (bicyclic) bond motifs is 4. The van der Waals surface area contributed by atoms with Crippen molar-refractivity contribution in [2.45, 2.75) is 73.8 Å². The van der Waals surface area contributed by atoms with E-state index < -0.39 is 29.5 Å². The molecule has 3 saturated heterocycles. The first kappa shape index (κ1) is 31.7. The first-order chi connectivity index (χ1) is 23.1. The molecule has 248 valence electrons. The molecule has 5 fully saturated rings. The number of thioether (sulfide) groups is 1. The minimum absolute atomic E-state index is 0.0235. The zero-order valence-corrected chi connectivity index (χ0v) is 28.3. The third kappa shape index (κ3) is 4.62.